The first-order valence-corrected chi connectivity index (χ1v) is 7.06. The van der Waals surface area contributed by atoms with E-state index in [4.69, 9.17) is 0 Å². The highest BCUT2D eigenvalue weighted by molar-refractivity contribution is 5.74. The monoisotopic (exact) mass is 256 g/mol. The molecule has 1 saturated carbocycles. The molecular weight excluding hydrogens is 228 g/mol. The van der Waals surface area contributed by atoms with Crippen LogP contribution in [0.15, 0.2) is 0 Å². The van der Waals surface area contributed by atoms with Gasteiger partial charge in [0.25, 0.3) is 0 Å². The van der Waals surface area contributed by atoms with Crippen LogP contribution in [-0.4, -0.2) is 41.3 Å². The average Bonchev–Trinajstić information content (AvgIpc) is 2.27. The second-order valence-electron chi connectivity index (χ2n) is 6.24. The molecule has 0 aromatic heterocycles. The van der Waals surface area contributed by atoms with Crippen molar-refractivity contribution in [1.82, 2.24) is 10.2 Å². The van der Waals surface area contributed by atoms with Gasteiger partial charge in [0.2, 0.25) is 0 Å². The molecule has 0 radical (unpaired) electrons. The Labute approximate surface area is 111 Å². The third-order valence-corrected chi connectivity index (χ3v) is 3.72. The number of hydrogen-bond donors (Lipinski definition) is 2. The molecule has 4 heteroatoms. The quantitative estimate of drug-likeness (QED) is 0.811. The Hall–Kier alpha value is -0.770. The standard InChI is InChI=1S/C14H28N2O2/c1-5-11-6-8-12(9-7-11)15-13(17)16(4)10-14(2,3)18/h11-12,18H,5-10H2,1-4H3,(H,15,17). The minimum atomic E-state index is -0.841. The van der Waals surface area contributed by atoms with Crippen LogP contribution >= 0.6 is 0 Å². The lowest BCUT2D eigenvalue weighted by molar-refractivity contribution is 0.0524. The van der Waals surface area contributed by atoms with Gasteiger partial charge in [0.15, 0.2) is 0 Å². The molecule has 0 aromatic carbocycles. The highest BCUT2D eigenvalue weighted by Gasteiger charge is 2.24. The second-order valence-corrected chi connectivity index (χ2v) is 6.24. The molecule has 2 N–H and O–H groups in total. The summed E-state index contributed by atoms with van der Waals surface area (Å²) in [5, 5.41) is 12.7. The molecule has 0 aromatic rings. The number of likely N-dealkylation sites (N-methyl/N-ethyl adjacent to an activating group) is 1. The van der Waals surface area contributed by atoms with Crippen LogP contribution in [0.2, 0.25) is 0 Å². The van der Waals surface area contributed by atoms with Crippen LogP contribution in [-0.2, 0) is 0 Å². The molecule has 0 heterocycles. The number of nitrogens with one attached hydrogen (secondary N) is 1. The third kappa shape index (κ3) is 5.25. The third-order valence-electron chi connectivity index (χ3n) is 3.72. The molecule has 0 atom stereocenters. The van der Waals surface area contributed by atoms with Crippen LogP contribution in [0.25, 0.3) is 0 Å². The van der Waals surface area contributed by atoms with Gasteiger partial charge in [0.1, 0.15) is 0 Å². The lowest BCUT2D eigenvalue weighted by Crippen LogP contribution is -2.48. The van der Waals surface area contributed by atoms with E-state index in [-0.39, 0.29) is 6.03 Å². The molecule has 0 aliphatic heterocycles. The number of nitrogens with zero attached hydrogens (tertiary/aromatic N) is 1. The Kier molecular flexibility index (Phi) is 5.45. The van der Waals surface area contributed by atoms with E-state index >= 15 is 0 Å². The highest BCUT2D eigenvalue weighted by atomic mass is 16.3. The van der Waals surface area contributed by atoms with Crippen molar-refractivity contribution in [2.45, 2.75) is 64.5 Å². The molecule has 2 amide bonds. The molecule has 0 spiro atoms. The van der Waals surface area contributed by atoms with E-state index in [1.165, 1.54) is 19.3 Å². The van der Waals surface area contributed by atoms with Crippen LogP contribution in [0.4, 0.5) is 4.79 Å². The van der Waals surface area contributed by atoms with Crippen molar-refractivity contribution in [2.24, 2.45) is 5.92 Å². The minimum absolute atomic E-state index is 0.0722. The summed E-state index contributed by atoms with van der Waals surface area (Å²) in [6.45, 7) is 6.01. The van der Waals surface area contributed by atoms with Gasteiger partial charge < -0.3 is 15.3 Å². The molecule has 1 fully saturated rings. The van der Waals surface area contributed by atoms with Gasteiger partial charge in [0, 0.05) is 13.1 Å². The average molecular weight is 256 g/mol. The van der Waals surface area contributed by atoms with Gasteiger partial charge >= 0.3 is 6.03 Å². The summed E-state index contributed by atoms with van der Waals surface area (Å²) in [7, 11) is 1.73. The van der Waals surface area contributed by atoms with Crippen molar-refractivity contribution in [3.8, 4) is 0 Å². The molecule has 1 aliphatic rings. The van der Waals surface area contributed by atoms with E-state index in [9.17, 15) is 9.90 Å². The van der Waals surface area contributed by atoms with Crippen molar-refractivity contribution in [3.63, 3.8) is 0 Å². The summed E-state index contributed by atoms with van der Waals surface area (Å²) >= 11 is 0. The smallest absolute Gasteiger partial charge is 0.317 e. The Morgan fingerprint density at radius 3 is 2.33 bits per heavy atom. The van der Waals surface area contributed by atoms with Crippen LogP contribution in [0.5, 0.6) is 0 Å². The van der Waals surface area contributed by atoms with Crippen molar-refractivity contribution in [2.75, 3.05) is 13.6 Å². The Balaban J connectivity index is 2.32. The summed E-state index contributed by atoms with van der Waals surface area (Å²) in [5.74, 6) is 0.840. The summed E-state index contributed by atoms with van der Waals surface area (Å²) in [5.41, 5.74) is -0.841. The summed E-state index contributed by atoms with van der Waals surface area (Å²) in [4.78, 5) is 13.5. The van der Waals surface area contributed by atoms with Gasteiger partial charge in [-0.2, -0.15) is 0 Å². The number of urea groups is 1. The van der Waals surface area contributed by atoms with Crippen LogP contribution in [0.1, 0.15) is 52.9 Å². The van der Waals surface area contributed by atoms with Crippen molar-refractivity contribution >= 4 is 6.03 Å². The number of amides is 2. The lowest BCUT2D eigenvalue weighted by Gasteiger charge is -2.31. The highest BCUT2D eigenvalue weighted by Crippen LogP contribution is 2.26. The summed E-state index contributed by atoms with van der Waals surface area (Å²) in [6, 6.07) is 0.238. The number of carbonyl (C=O) groups excluding carboxylic acids is 1. The normalized spacial score (nSPS) is 24.7. The van der Waals surface area contributed by atoms with E-state index in [0.717, 1.165) is 18.8 Å². The number of carbonyl (C=O) groups is 1. The topological polar surface area (TPSA) is 52.6 Å². The zero-order valence-electron chi connectivity index (χ0n) is 12.2. The molecule has 0 unspecified atom stereocenters. The number of hydrogen-bond acceptors (Lipinski definition) is 2. The molecule has 106 valence electrons. The summed E-state index contributed by atoms with van der Waals surface area (Å²) in [6.07, 6.45) is 5.85. The zero-order valence-corrected chi connectivity index (χ0v) is 12.2. The lowest BCUT2D eigenvalue weighted by atomic mass is 9.84. The maximum Gasteiger partial charge on any atom is 0.317 e. The zero-order chi connectivity index (χ0) is 13.8. The van der Waals surface area contributed by atoms with E-state index in [1.807, 2.05) is 0 Å². The van der Waals surface area contributed by atoms with Gasteiger partial charge in [0.05, 0.1) is 12.1 Å². The fraction of sp³-hybridized carbons (Fsp3) is 0.929. The van der Waals surface area contributed by atoms with Gasteiger partial charge in [-0.1, -0.05) is 13.3 Å². The predicted molar refractivity (Wildman–Crippen MR) is 73.5 cm³/mol. The van der Waals surface area contributed by atoms with Crippen molar-refractivity contribution in [1.29, 1.82) is 0 Å². The van der Waals surface area contributed by atoms with Crippen LogP contribution < -0.4 is 5.32 Å². The fourth-order valence-electron chi connectivity index (χ4n) is 2.65. The Morgan fingerprint density at radius 2 is 1.89 bits per heavy atom. The number of rotatable bonds is 4. The van der Waals surface area contributed by atoms with E-state index in [0.29, 0.717) is 12.6 Å². The van der Waals surface area contributed by atoms with Crippen molar-refractivity contribution < 1.29 is 9.90 Å². The SMILES string of the molecule is CCC1CCC(NC(=O)N(C)CC(C)(C)O)CC1. The molecule has 1 aliphatic carbocycles. The predicted octanol–water partition coefficient (Wildman–Crippen LogP) is 2.37. The molecular formula is C14H28N2O2. The van der Waals surface area contributed by atoms with Gasteiger partial charge in [-0.25, -0.2) is 4.79 Å². The first-order chi connectivity index (χ1) is 8.31. The first kappa shape index (κ1) is 15.3. The van der Waals surface area contributed by atoms with E-state index in [2.05, 4.69) is 12.2 Å². The maximum atomic E-state index is 11.9. The van der Waals surface area contributed by atoms with E-state index < -0.39 is 5.60 Å². The van der Waals surface area contributed by atoms with Crippen LogP contribution in [0.3, 0.4) is 0 Å². The maximum absolute atomic E-state index is 11.9. The minimum Gasteiger partial charge on any atom is -0.389 e. The Bertz CT molecular complexity index is 265. The van der Waals surface area contributed by atoms with Gasteiger partial charge in [-0.15, -0.1) is 0 Å². The molecule has 18 heavy (non-hydrogen) atoms. The Morgan fingerprint density at radius 1 is 1.33 bits per heavy atom. The largest absolute Gasteiger partial charge is 0.389 e. The van der Waals surface area contributed by atoms with Crippen LogP contribution in [0, 0.1) is 5.92 Å². The van der Waals surface area contributed by atoms with E-state index in [1.54, 1.807) is 25.8 Å². The molecule has 1 rings (SSSR count). The molecule has 0 bridgehead atoms. The second kappa shape index (κ2) is 6.41. The number of aliphatic hydroxyl groups is 1. The fourth-order valence-corrected chi connectivity index (χ4v) is 2.65. The molecule has 0 saturated heterocycles. The molecule has 4 nitrogen and oxygen atoms in total. The van der Waals surface area contributed by atoms with Gasteiger partial charge in [-0.05, 0) is 45.4 Å². The summed E-state index contributed by atoms with van der Waals surface area (Å²) < 4.78 is 0. The van der Waals surface area contributed by atoms with Gasteiger partial charge in [-0.3, -0.25) is 0 Å². The first-order valence-electron chi connectivity index (χ1n) is 7.06. The van der Waals surface area contributed by atoms with Crippen molar-refractivity contribution in [3.05, 3.63) is 0 Å².